The second kappa shape index (κ2) is 7.96. The molecule has 1 N–H and O–H groups in total. The van der Waals surface area contributed by atoms with Crippen LogP contribution in [0.4, 0.5) is 0 Å². The second-order valence-corrected chi connectivity index (χ2v) is 5.22. The van der Waals surface area contributed by atoms with Gasteiger partial charge in [-0.1, -0.05) is 30.3 Å². The molecule has 0 aliphatic carbocycles. The molecule has 1 amide bonds. The third-order valence-corrected chi connectivity index (χ3v) is 3.47. The molecule has 0 fully saturated rings. The summed E-state index contributed by atoms with van der Waals surface area (Å²) in [4.78, 5) is 15.9. The minimum absolute atomic E-state index is 0.144. The van der Waals surface area contributed by atoms with Gasteiger partial charge < -0.3 is 14.8 Å². The van der Waals surface area contributed by atoms with Crippen LogP contribution in [0.25, 0.3) is 5.69 Å². The van der Waals surface area contributed by atoms with Crippen LogP contribution in [-0.4, -0.2) is 34.4 Å². The van der Waals surface area contributed by atoms with Gasteiger partial charge in [-0.15, -0.1) is 5.10 Å². The molecule has 0 aliphatic heterocycles. The van der Waals surface area contributed by atoms with E-state index in [9.17, 15) is 4.79 Å². The summed E-state index contributed by atoms with van der Waals surface area (Å²) < 4.78 is 12.0. The van der Waals surface area contributed by atoms with Crippen molar-refractivity contribution in [3.05, 3.63) is 66.5 Å². The van der Waals surface area contributed by atoms with Crippen LogP contribution in [-0.2, 0) is 11.3 Å². The molecule has 7 nitrogen and oxygen atoms in total. The molecule has 3 rings (SSSR count). The maximum atomic E-state index is 11.9. The van der Waals surface area contributed by atoms with Gasteiger partial charge in [-0.2, -0.15) is 4.98 Å². The highest BCUT2D eigenvalue weighted by Gasteiger charge is 2.07. The van der Waals surface area contributed by atoms with Crippen molar-refractivity contribution in [2.45, 2.75) is 6.54 Å². The number of nitrogens with one attached hydrogen (secondary N) is 1. The molecule has 1 aromatic heterocycles. The van der Waals surface area contributed by atoms with E-state index in [0.717, 1.165) is 17.0 Å². The zero-order chi connectivity index (χ0) is 17.5. The molecule has 0 unspecified atom stereocenters. The van der Waals surface area contributed by atoms with Gasteiger partial charge in [0.2, 0.25) is 0 Å². The Balaban J connectivity index is 1.46. The largest absolute Gasteiger partial charge is 0.497 e. The molecular formula is C18H18N4O3. The summed E-state index contributed by atoms with van der Waals surface area (Å²) in [6.45, 7) is 0.271. The van der Waals surface area contributed by atoms with Crippen molar-refractivity contribution in [1.29, 1.82) is 0 Å². The Morgan fingerprint density at radius 3 is 2.60 bits per heavy atom. The number of nitrogens with zero attached hydrogens (tertiary/aromatic N) is 3. The molecule has 0 bridgehead atoms. The van der Waals surface area contributed by atoms with Gasteiger partial charge >= 0.3 is 6.01 Å². The highest BCUT2D eigenvalue weighted by molar-refractivity contribution is 5.77. The Morgan fingerprint density at radius 2 is 1.88 bits per heavy atom. The number of amides is 1. The van der Waals surface area contributed by atoms with E-state index >= 15 is 0 Å². The van der Waals surface area contributed by atoms with Crippen LogP contribution in [0.1, 0.15) is 5.56 Å². The van der Waals surface area contributed by atoms with Crippen molar-refractivity contribution in [3.8, 4) is 17.4 Å². The van der Waals surface area contributed by atoms with Gasteiger partial charge in [0.25, 0.3) is 5.91 Å². The molecule has 25 heavy (non-hydrogen) atoms. The molecule has 0 aliphatic rings. The van der Waals surface area contributed by atoms with E-state index in [1.807, 2.05) is 54.6 Å². The standard InChI is InChI=1S/C18H18N4O3/c1-24-16-9-7-14(8-10-16)11-19-17(23)12-25-18-20-13-22(21-18)15-5-3-2-4-6-15/h2-10,13H,11-12H2,1H3,(H,19,23). The van der Waals surface area contributed by atoms with Gasteiger partial charge in [0.1, 0.15) is 12.1 Å². The lowest BCUT2D eigenvalue weighted by Crippen LogP contribution is -2.28. The molecule has 2 aromatic carbocycles. The van der Waals surface area contributed by atoms with Crippen molar-refractivity contribution in [2.24, 2.45) is 0 Å². The van der Waals surface area contributed by atoms with Gasteiger partial charge in [-0.25, -0.2) is 4.68 Å². The van der Waals surface area contributed by atoms with E-state index in [2.05, 4.69) is 15.4 Å². The predicted molar refractivity (Wildman–Crippen MR) is 91.7 cm³/mol. The monoisotopic (exact) mass is 338 g/mol. The summed E-state index contributed by atoms with van der Waals surface area (Å²) in [6, 6.07) is 17.2. The molecule has 0 saturated carbocycles. The summed E-state index contributed by atoms with van der Waals surface area (Å²) in [6.07, 6.45) is 1.54. The molecule has 7 heteroatoms. The Kier molecular flexibility index (Phi) is 5.26. The number of hydrogen-bond acceptors (Lipinski definition) is 5. The smallest absolute Gasteiger partial charge is 0.336 e. The first-order valence-corrected chi connectivity index (χ1v) is 7.74. The third kappa shape index (κ3) is 4.57. The van der Waals surface area contributed by atoms with E-state index in [-0.39, 0.29) is 18.5 Å². The second-order valence-electron chi connectivity index (χ2n) is 5.22. The van der Waals surface area contributed by atoms with E-state index in [1.54, 1.807) is 18.1 Å². The number of para-hydroxylation sites is 1. The first-order chi connectivity index (χ1) is 12.2. The Morgan fingerprint density at radius 1 is 1.12 bits per heavy atom. The van der Waals surface area contributed by atoms with Gasteiger partial charge in [0.15, 0.2) is 6.61 Å². The van der Waals surface area contributed by atoms with Crippen LogP contribution in [0.5, 0.6) is 11.8 Å². The molecular weight excluding hydrogens is 320 g/mol. The molecule has 0 spiro atoms. The number of rotatable bonds is 7. The number of hydrogen-bond donors (Lipinski definition) is 1. The summed E-state index contributed by atoms with van der Waals surface area (Å²) in [5, 5.41) is 6.96. The predicted octanol–water partition coefficient (Wildman–Crippen LogP) is 1.97. The summed E-state index contributed by atoms with van der Waals surface area (Å²) >= 11 is 0. The fraction of sp³-hybridized carbons (Fsp3) is 0.167. The lowest BCUT2D eigenvalue weighted by Gasteiger charge is -2.06. The quantitative estimate of drug-likeness (QED) is 0.713. The number of carbonyl (C=O) groups is 1. The van der Waals surface area contributed by atoms with Crippen LogP contribution in [0, 0.1) is 0 Å². The number of carbonyl (C=O) groups excluding carboxylic acids is 1. The van der Waals surface area contributed by atoms with Crippen LogP contribution < -0.4 is 14.8 Å². The summed E-state index contributed by atoms with van der Waals surface area (Å²) in [7, 11) is 1.61. The number of benzene rings is 2. The zero-order valence-corrected chi connectivity index (χ0v) is 13.8. The molecule has 0 atom stereocenters. The average Bonchev–Trinajstić information content (AvgIpc) is 3.15. The molecule has 0 saturated heterocycles. The van der Waals surface area contributed by atoms with E-state index in [1.165, 1.54) is 0 Å². The fourth-order valence-electron chi connectivity index (χ4n) is 2.14. The third-order valence-electron chi connectivity index (χ3n) is 3.47. The number of aromatic nitrogens is 3. The van der Waals surface area contributed by atoms with Gasteiger partial charge in [-0.3, -0.25) is 4.79 Å². The first-order valence-electron chi connectivity index (χ1n) is 7.74. The van der Waals surface area contributed by atoms with Crippen LogP contribution in [0.2, 0.25) is 0 Å². The molecule has 3 aromatic rings. The minimum Gasteiger partial charge on any atom is -0.497 e. The van der Waals surface area contributed by atoms with Crippen molar-refractivity contribution >= 4 is 5.91 Å². The topological polar surface area (TPSA) is 78.3 Å². The normalized spacial score (nSPS) is 10.3. The lowest BCUT2D eigenvalue weighted by atomic mass is 10.2. The van der Waals surface area contributed by atoms with Crippen molar-refractivity contribution < 1.29 is 14.3 Å². The van der Waals surface area contributed by atoms with Gasteiger partial charge in [0.05, 0.1) is 12.8 Å². The first kappa shape index (κ1) is 16.5. The highest BCUT2D eigenvalue weighted by Crippen LogP contribution is 2.11. The van der Waals surface area contributed by atoms with Crippen molar-refractivity contribution in [2.75, 3.05) is 13.7 Å². The number of methoxy groups -OCH3 is 1. The van der Waals surface area contributed by atoms with Gasteiger partial charge in [0, 0.05) is 6.54 Å². The van der Waals surface area contributed by atoms with Crippen molar-refractivity contribution in [1.82, 2.24) is 20.1 Å². The Hall–Kier alpha value is -3.35. The van der Waals surface area contributed by atoms with Crippen LogP contribution in [0.3, 0.4) is 0 Å². The number of ether oxygens (including phenoxy) is 2. The summed E-state index contributed by atoms with van der Waals surface area (Å²) in [5.74, 6) is 0.533. The highest BCUT2D eigenvalue weighted by atomic mass is 16.5. The maximum Gasteiger partial charge on any atom is 0.336 e. The van der Waals surface area contributed by atoms with Crippen LogP contribution >= 0.6 is 0 Å². The molecule has 128 valence electrons. The van der Waals surface area contributed by atoms with E-state index in [4.69, 9.17) is 9.47 Å². The van der Waals surface area contributed by atoms with E-state index < -0.39 is 0 Å². The summed E-state index contributed by atoms with van der Waals surface area (Å²) in [5.41, 5.74) is 1.84. The Bertz CT molecular complexity index is 816. The average molecular weight is 338 g/mol. The van der Waals surface area contributed by atoms with Crippen molar-refractivity contribution in [3.63, 3.8) is 0 Å². The Labute approximate surface area is 145 Å². The molecule has 0 radical (unpaired) electrons. The van der Waals surface area contributed by atoms with Crippen LogP contribution in [0.15, 0.2) is 60.9 Å². The fourth-order valence-corrected chi connectivity index (χ4v) is 2.14. The van der Waals surface area contributed by atoms with E-state index in [0.29, 0.717) is 6.54 Å². The lowest BCUT2D eigenvalue weighted by molar-refractivity contribution is -0.123. The molecule has 1 heterocycles. The van der Waals surface area contributed by atoms with Gasteiger partial charge in [-0.05, 0) is 29.8 Å². The minimum atomic E-state index is -0.244. The SMILES string of the molecule is COc1ccc(CNC(=O)COc2ncn(-c3ccccc3)n2)cc1. The maximum absolute atomic E-state index is 11.9. The zero-order valence-electron chi connectivity index (χ0n) is 13.8.